The maximum atomic E-state index is 3.67. The summed E-state index contributed by atoms with van der Waals surface area (Å²) in [6.07, 6.45) is 1.16. The van der Waals surface area contributed by atoms with Crippen LogP contribution in [0.25, 0.3) is 0 Å². The van der Waals surface area contributed by atoms with E-state index in [0.29, 0.717) is 6.04 Å². The van der Waals surface area contributed by atoms with E-state index >= 15 is 0 Å². The van der Waals surface area contributed by atoms with E-state index in [1.165, 1.54) is 21.6 Å². The topological polar surface area (TPSA) is 12.0 Å². The maximum absolute atomic E-state index is 3.67. The van der Waals surface area contributed by atoms with Crippen molar-refractivity contribution in [3.8, 4) is 0 Å². The van der Waals surface area contributed by atoms with Gasteiger partial charge in [0.2, 0.25) is 0 Å². The van der Waals surface area contributed by atoms with Gasteiger partial charge in [-0.2, -0.15) is 0 Å². The number of hydrogen-bond acceptors (Lipinski definition) is 2. The molecular weight excluding hydrogens is 238 g/mol. The molecule has 96 valence electrons. The second-order valence-electron chi connectivity index (χ2n) is 4.76. The van der Waals surface area contributed by atoms with Crippen molar-refractivity contribution in [3.63, 3.8) is 0 Å². The lowest BCUT2D eigenvalue weighted by Crippen LogP contribution is -2.23. The van der Waals surface area contributed by atoms with Crippen LogP contribution in [0, 0.1) is 13.8 Å². The lowest BCUT2D eigenvalue weighted by Gasteiger charge is -2.20. The largest absolute Gasteiger partial charge is 0.306 e. The van der Waals surface area contributed by atoms with Crippen molar-refractivity contribution < 1.29 is 0 Å². The van der Waals surface area contributed by atoms with Crippen LogP contribution in [0.5, 0.6) is 0 Å². The molecule has 2 aromatic rings. The van der Waals surface area contributed by atoms with Gasteiger partial charge in [0.05, 0.1) is 6.04 Å². The van der Waals surface area contributed by atoms with Crippen LogP contribution in [0.15, 0.2) is 35.7 Å². The third-order valence-corrected chi connectivity index (χ3v) is 4.11. The average molecular weight is 259 g/mol. The van der Waals surface area contributed by atoms with Crippen LogP contribution >= 0.6 is 11.3 Å². The number of aryl methyl sites for hydroxylation is 2. The van der Waals surface area contributed by atoms with Gasteiger partial charge in [-0.1, -0.05) is 36.8 Å². The Morgan fingerprint density at radius 2 is 2.06 bits per heavy atom. The summed E-state index contributed by atoms with van der Waals surface area (Å²) in [4.78, 5) is 1.40. The zero-order valence-electron chi connectivity index (χ0n) is 11.4. The Balaban J connectivity index is 2.36. The van der Waals surface area contributed by atoms with Gasteiger partial charge in [-0.05, 0) is 49.4 Å². The highest BCUT2D eigenvalue weighted by Gasteiger charge is 2.16. The molecule has 1 nitrogen and oxygen atoms in total. The van der Waals surface area contributed by atoms with Crippen LogP contribution in [0.1, 0.15) is 41.0 Å². The van der Waals surface area contributed by atoms with Gasteiger partial charge >= 0.3 is 0 Å². The molecule has 1 heterocycles. The Labute approximate surface area is 114 Å². The van der Waals surface area contributed by atoms with Crippen molar-refractivity contribution in [1.82, 2.24) is 5.32 Å². The summed E-state index contributed by atoms with van der Waals surface area (Å²) in [7, 11) is 0. The monoisotopic (exact) mass is 259 g/mol. The van der Waals surface area contributed by atoms with Crippen molar-refractivity contribution in [2.75, 3.05) is 6.54 Å². The molecule has 0 aliphatic carbocycles. The molecule has 1 N–H and O–H groups in total. The molecule has 1 aromatic heterocycles. The molecule has 0 fully saturated rings. The predicted molar refractivity (Wildman–Crippen MR) is 80.4 cm³/mol. The molecule has 1 atom stereocenters. The van der Waals surface area contributed by atoms with Crippen molar-refractivity contribution in [3.05, 3.63) is 57.3 Å². The van der Waals surface area contributed by atoms with Gasteiger partial charge in [0.1, 0.15) is 0 Å². The number of nitrogens with one attached hydrogen (secondary N) is 1. The standard InChI is InChI=1S/C16H21NS/c1-4-9-17-16(15-6-5-10-18-15)14-11-12(2)7-8-13(14)3/h5-8,10-11,16-17H,4,9H2,1-3H3. The Bertz CT molecular complexity index is 488. The molecule has 18 heavy (non-hydrogen) atoms. The second-order valence-corrected chi connectivity index (χ2v) is 5.74. The summed E-state index contributed by atoms with van der Waals surface area (Å²) >= 11 is 1.83. The normalized spacial score (nSPS) is 12.6. The Morgan fingerprint density at radius 1 is 1.22 bits per heavy atom. The van der Waals surface area contributed by atoms with Crippen molar-refractivity contribution in [2.45, 2.75) is 33.2 Å². The third-order valence-electron chi connectivity index (χ3n) is 3.17. The number of benzene rings is 1. The molecular formula is C16H21NS. The highest BCUT2D eigenvalue weighted by atomic mass is 32.1. The Kier molecular flexibility index (Phi) is 4.56. The van der Waals surface area contributed by atoms with Gasteiger partial charge < -0.3 is 5.32 Å². The molecule has 2 rings (SSSR count). The number of hydrogen-bond donors (Lipinski definition) is 1. The van der Waals surface area contributed by atoms with E-state index in [1.807, 2.05) is 11.3 Å². The fourth-order valence-electron chi connectivity index (χ4n) is 2.18. The van der Waals surface area contributed by atoms with E-state index in [4.69, 9.17) is 0 Å². The first kappa shape index (κ1) is 13.3. The van der Waals surface area contributed by atoms with Crippen LogP contribution in [0.3, 0.4) is 0 Å². The lowest BCUT2D eigenvalue weighted by atomic mass is 9.97. The smallest absolute Gasteiger partial charge is 0.0673 e. The van der Waals surface area contributed by atoms with Crippen LogP contribution in [0.2, 0.25) is 0 Å². The second kappa shape index (κ2) is 6.17. The fourth-order valence-corrected chi connectivity index (χ4v) is 3.00. The Morgan fingerprint density at radius 3 is 2.72 bits per heavy atom. The zero-order chi connectivity index (χ0) is 13.0. The minimum atomic E-state index is 0.338. The summed E-state index contributed by atoms with van der Waals surface area (Å²) in [5, 5.41) is 5.82. The van der Waals surface area contributed by atoms with Crippen LogP contribution in [-0.2, 0) is 0 Å². The summed E-state index contributed by atoms with van der Waals surface area (Å²) in [6, 6.07) is 11.4. The van der Waals surface area contributed by atoms with E-state index in [-0.39, 0.29) is 0 Å². The molecule has 1 unspecified atom stereocenters. The first-order valence-electron chi connectivity index (χ1n) is 6.56. The van der Waals surface area contributed by atoms with E-state index in [9.17, 15) is 0 Å². The first-order valence-corrected chi connectivity index (χ1v) is 7.44. The lowest BCUT2D eigenvalue weighted by molar-refractivity contribution is 0.603. The molecule has 2 heteroatoms. The van der Waals surface area contributed by atoms with Gasteiger partial charge in [0, 0.05) is 4.88 Å². The number of rotatable bonds is 5. The summed E-state index contributed by atoms with van der Waals surface area (Å²) in [5.41, 5.74) is 4.10. The molecule has 0 spiro atoms. The van der Waals surface area contributed by atoms with Crippen LogP contribution in [0.4, 0.5) is 0 Å². The van der Waals surface area contributed by atoms with Crippen LogP contribution < -0.4 is 5.32 Å². The molecule has 0 amide bonds. The van der Waals surface area contributed by atoms with Crippen molar-refractivity contribution in [2.24, 2.45) is 0 Å². The predicted octanol–water partition coefficient (Wildman–Crippen LogP) is 4.45. The van der Waals surface area contributed by atoms with E-state index in [2.05, 4.69) is 61.8 Å². The average Bonchev–Trinajstić information content (AvgIpc) is 2.88. The van der Waals surface area contributed by atoms with E-state index in [0.717, 1.165) is 13.0 Å². The first-order chi connectivity index (χ1) is 8.72. The summed E-state index contributed by atoms with van der Waals surface area (Å²) < 4.78 is 0. The highest BCUT2D eigenvalue weighted by Crippen LogP contribution is 2.28. The molecule has 0 aliphatic heterocycles. The van der Waals surface area contributed by atoms with Gasteiger partial charge in [-0.15, -0.1) is 11.3 Å². The summed E-state index contributed by atoms with van der Waals surface area (Å²) in [5.74, 6) is 0. The van der Waals surface area contributed by atoms with Crippen molar-refractivity contribution in [1.29, 1.82) is 0 Å². The Hall–Kier alpha value is -1.12. The highest BCUT2D eigenvalue weighted by molar-refractivity contribution is 7.10. The van der Waals surface area contributed by atoms with Crippen LogP contribution in [-0.4, -0.2) is 6.54 Å². The molecule has 1 aromatic carbocycles. The van der Waals surface area contributed by atoms with E-state index in [1.54, 1.807) is 0 Å². The number of thiophene rings is 1. The summed E-state index contributed by atoms with van der Waals surface area (Å²) in [6.45, 7) is 7.62. The SMILES string of the molecule is CCCNC(c1cccs1)c1cc(C)ccc1C. The molecule has 0 bridgehead atoms. The molecule has 0 aliphatic rings. The minimum absolute atomic E-state index is 0.338. The molecule has 0 radical (unpaired) electrons. The van der Waals surface area contributed by atoms with Gasteiger partial charge in [-0.3, -0.25) is 0 Å². The van der Waals surface area contributed by atoms with Crippen molar-refractivity contribution >= 4 is 11.3 Å². The minimum Gasteiger partial charge on any atom is -0.306 e. The van der Waals surface area contributed by atoms with Gasteiger partial charge in [-0.25, -0.2) is 0 Å². The maximum Gasteiger partial charge on any atom is 0.0673 e. The quantitative estimate of drug-likeness (QED) is 0.836. The third kappa shape index (κ3) is 3.01. The molecule has 0 saturated heterocycles. The zero-order valence-corrected chi connectivity index (χ0v) is 12.2. The van der Waals surface area contributed by atoms with E-state index < -0.39 is 0 Å². The fraction of sp³-hybridized carbons (Fsp3) is 0.375. The van der Waals surface area contributed by atoms with Gasteiger partial charge in [0.25, 0.3) is 0 Å². The van der Waals surface area contributed by atoms with Gasteiger partial charge in [0.15, 0.2) is 0 Å². The molecule has 0 saturated carbocycles.